The van der Waals surface area contributed by atoms with Crippen LogP contribution in [0.1, 0.15) is 194 Å². The molecule has 1 unspecified atom stereocenters. The molecule has 1 aromatic heterocycles. The van der Waals surface area contributed by atoms with Gasteiger partial charge in [0.15, 0.2) is 6.10 Å². The molecule has 1 aromatic rings. The van der Waals surface area contributed by atoms with E-state index in [0.29, 0.717) is 12.8 Å². The lowest BCUT2D eigenvalue weighted by Crippen LogP contribution is -2.43. The molecule has 0 bridgehead atoms. The number of thioether (sulfide) groups is 1. The van der Waals surface area contributed by atoms with Crippen molar-refractivity contribution < 1.29 is 42.7 Å². The van der Waals surface area contributed by atoms with Crippen LogP contribution >= 0.6 is 19.6 Å². The number of carbonyl (C=O) groups excluding carboxylic acids is 2. The Kier molecular flexibility index (Phi) is 37.2. The highest BCUT2D eigenvalue weighted by Crippen LogP contribution is 2.43. The van der Waals surface area contributed by atoms with E-state index in [1.54, 1.807) is 0 Å². The van der Waals surface area contributed by atoms with Crippen LogP contribution in [0.2, 0.25) is 0 Å². The smallest absolute Gasteiger partial charge is 0.472 e. The zero-order chi connectivity index (χ0) is 46.9. The van der Waals surface area contributed by atoms with Crippen molar-refractivity contribution in [2.45, 2.75) is 206 Å². The summed E-state index contributed by atoms with van der Waals surface area (Å²) in [5, 5.41) is 12.1. The van der Waals surface area contributed by atoms with Crippen LogP contribution in [0, 0.1) is 0 Å². The number of phosphoric acid groups is 1. The van der Waals surface area contributed by atoms with Crippen molar-refractivity contribution in [1.82, 2.24) is 14.5 Å². The maximum absolute atomic E-state index is 12.8. The Balaban J connectivity index is 2.46. The fourth-order valence-electron chi connectivity index (χ4n) is 6.80. The molecule has 0 fully saturated rings. The second-order valence-corrected chi connectivity index (χ2v) is 18.9. The van der Waals surface area contributed by atoms with Crippen molar-refractivity contribution in [2.24, 2.45) is 4.99 Å². The molecule has 0 saturated carbocycles. The third-order valence-corrected chi connectivity index (χ3v) is 12.4. The minimum absolute atomic E-state index is 0.0519. The second-order valence-electron chi connectivity index (χ2n) is 16.4. The molecular formula is C46H82N4O12PS-. The number of aromatic nitrogens is 3. The third-order valence-electron chi connectivity index (χ3n) is 10.5. The van der Waals surface area contributed by atoms with Crippen molar-refractivity contribution in [3.63, 3.8) is 0 Å². The number of H-pyrrole nitrogens is 2. The molecule has 0 radical (unpaired) electrons. The Morgan fingerprint density at radius 3 is 1.69 bits per heavy atom. The van der Waals surface area contributed by atoms with Gasteiger partial charge in [-0.2, -0.15) is 11.8 Å². The molecule has 0 amide bonds. The van der Waals surface area contributed by atoms with Crippen LogP contribution in [0.25, 0.3) is 0 Å². The Hall–Kier alpha value is -2.98. The highest BCUT2D eigenvalue weighted by molar-refractivity contribution is 7.99. The fourth-order valence-corrected chi connectivity index (χ4v) is 8.27. The molecule has 1 rings (SSSR count). The van der Waals surface area contributed by atoms with E-state index in [0.717, 1.165) is 74.1 Å². The lowest BCUT2D eigenvalue weighted by atomic mass is 10.0. The number of carbonyl (C=O) groups is 2. The molecule has 370 valence electrons. The summed E-state index contributed by atoms with van der Waals surface area (Å²) in [6, 6.07) is 0. The third kappa shape index (κ3) is 35.3. The van der Waals surface area contributed by atoms with E-state index in [1.165, 1.54) is 96.3 Å². The monoisotopic (exact) mass is 946 g/mol. The van der Waals surface area contributed by atoms with Gasteiger partial charge in [0.2, 0.25) is 0 Å². The number of rotatable bonds is 44. The molecule has 18 heteroatoms. The standard InChI is InChI=1S/C46H83N4O12PS/c1-3-5-7-9-11-13-15-17-18-20-22-24-26-28-30-32-43(53)62-40(37-59-42(52)31-29-27-25-23-21-19-16-14-12-10-8-6-4-2)38-61-63(57,58)60-35-33-47-41(51)39-64-36-34-50-45(55)48-44(54)49-46(50)56/h17-18,40H,3-16,19-39H2,1-2H3,(H,47,51)(H,57,58)(H2,48,49,54,55,56)/p-1/b18-17-/t40-/m1/s1. The number of hydrogen-bond acceptors (Lipinski definition) is 13. The number of aliphatic imine (C=N–C) groups is 1. The molecule has 1 heterocycles. The Labute approximate surface area is 386 Å². The Morgan fingerprint density at radius 2 is 1.17 bits per heavy atom. The zero-order valence-electron chi connectivity index (χ0n) is 39.2. The van der Waals surface area contributed by atoms with Crippen molar-refractivity contribution in [2.75, 3.05) is 37.9 Å². The van der Waals surface area contributed by atoms with Gasteiger partial charge >= 0.3 is 36.8 Å². The number of aromatic amines is 2. The summed E-state index contributed by atoms with van der Waals surface area (Å²) >= 11 is 1.09. The molecule has 0 saturated heterocycles. The lowest BCUT2D eigenvalue weighted by Gasteiger charge is -2.20. The molecule has 0 aromatic carbocycles. The summed E-state index contributed by atoms with van der Waals surface area (Å²) in [5.41, 5.74) is -2.64. The number of ether oxygens (including phenoxy) is 2. The molecule has 0 aliphatic heterocycles. The van der Waals surface area contributed by atoms with E-state index in [-0.39, 0.29) is 44.0 Å². The number of nitrogens with zero attached hydrogens (tertiary/aromatic N) is 2. The van der Waals surface area contributed by atoms with Gasteiger partial charge in [0, 0.05) is 30.9 Å². The van der Waals surface area contributed by atoms with Gasteiger partial charge in [-0.3, -0.25) is 28.6 Å². The first-order chi connectivity index (χ1) is 31.0. The number of hydrogen-bond donors (Lipinski definition) is 3. The fraction of sp³-hybridized carbons (Fsp3) is 0.826. The number of esters is 2. The molecule has 64 heavy (non-hydrogen) atoms. The van der Waals surface area contributed by atoms with Crippen LogP contribution in [0.5, 0.6) is 0 Å². The minimum atomic E-state index is -4.67. The maximum atomic E-state index is 12.8. The average molecular weight is 946 g/mol. The molecule has 2 atom stereocenters. The van der Waals surface area contributed by atoms with Crippen LogP contribution in [-0.2, 0) is 39.2 Å². The quantitative estimate of drug-likeness (QED) is 0.0139. The van der Waals surface area contributed by atoms with Gasteiger partial charge in [0.05, 0.1) is 19.8 Å². The van der Waals surface area contributed by atoms with Gasteiger partial charge in [-0.1, -0.05) is 154 Å². The average Bonchev–Trinajstić information content (AvgIpc) is 3.25. The predicted molar refractivity (Wildman–Crippen MR) is 254 cm³/mol. The van der Waals surface area contributed by atoms with Crippen molar-refractivity contribution in [3.05, 3.63) is 43.6 Å². The van der Waals surface area contributed by atoms with Crippen molar-refractivity contribution in [1.29, 1.82) is 0 Å². The van der Waals surface area contributed by atoms with Gasteiger partial charge in [-0.05, 0) is 44.4 Å². The van der Waals surface area contributed by atoms with Crippen molar-refractivity contribution >= 4 is 37.4 Å². The lowest BCUT2D eigenvalue weighted by molar-refractivity contribution is -0.215. The van der Waals surface area contributed by atoms with E-state index in [2.05, 4.69) is 31.0 Å². The Bertz CT molecular complexity index is 1600. The molecule has 0 spiro atoms. The highest BCUT2D eigenvalue weighted by Gasteiger charge is 2.26. The normalized spacial score (nSPS) is 13.3. The van der Waals surface area contributed by atoms with E-state index in [9.17, 15) is 38.5 Å². The van der Waals surface area contributed by atoms with Gasteiger partial charge in [-0.15, -0.1) is 0 Å². The molecule has 0 aliphatic rings. The first-order valence-corrected chi connectivity index (χ1v) is 27.0. The van der Waals surface area contributed by atoms with Crippen molar-refractivity contribution in [3.8, 4) is 0 Å². The van der Waals surface area contributed by atoms with E-state index < -0.39 is 62.0 Å². The van der Waals surface area contributed by atoms with Crippen LogP contribution in [-0.4, -0.2) is 81.2 Å². The second kappa shape index (κ2) is 40.3. The predicted octanol–water partition coefficient (Wildman–Crippen LogP) is 8.82. The number of allylic oxidation sites excluding steroid dienone is 2. The summed E-state index contributed by atoms with van der Waals surface area (Å²) in [4.78, 5) is 77.9. The van der Waals surface area contributed by atoms with Gasteiger partial charge in [0.1, 0.15) is 6.61 Å². The van der Waals surface area contributed by atoms with Gasteiger partial charge < -0.3 is 24.5 Å². The van der Waals surface area contributed by atoms with E-state index >= 15 is 0 Å². The van der Waals surface area contributed by atoms with Gasteiger partial charge in [-0.25, -0.2) is 23.5 Å². The Morgan fingerprint density at radius 1 is 0.703 bits per heavy atom. The summed E-state index contributed by atoms with van der Waals surface area (Å²) in [5.74, 6) is -1.42. The first kappa shape index (κ1) is 59.0. The SMILES string of the molecule is CCCCCCCC/C=C\CCCCCCCC(=O)O[C@H](COC(=O)CCCCCCCCCCCCCCC)COP(=O)(O)OCCN=C([O-])CSCCn1c(=O)[nH]c(=O)[nH]c1=O. The number of nitrogens with one attached hydrogen (secondary N) is 2. The van der Waals surface area contributed by atoms with E-state index in [4.69, 9.17) is 18.5 Å². The summed E-state index contributed by atoms with van der Waals surface area (Å²) in [6.45, 7) is 2.82. The number of phosphoric ester groups is 1. The minimum Gasteiger partial charge on any atom is -0.861 e. The van der Waals surface area contributed by atoms with Gasteiger partial charge in [0.25, 0.3) is 0 Å². The first-order valence-electron chi connectivity index (χ1n) is 24.3. The molecule has 16 nitrogen and oxygen atoms in total. The van der Waals surface area contributed by atoms with Crippen LogP contribution in [0.15, 0.2) is 31.5 Å². The highest BCUT2D eigenvalue weighted by atomic mass is 32.2. The summed E-state index contributed by atoms with van der Waals surface area (Å²) in [7, 11) is -4.67. The zero-order valence-corrected chi connectivity index (χ0v) is 40.9. The molecule has 0 aliphatic carbocycles. The molecular weight excluding hydrogens is 864 g/mol. The maximum Gasteiger partial charge on any atom is 0.472 e. The van der Waals surface area contributed by atoms with E-state index in [1.807, 2.05) is 9.97 Å². The molecule has 3 N–H and O–H groups in total. The summed E-state index contributed by atoms with van der Waals surface area (Å²) in [6.07, 6.45) is 33.8. The number of unbranched alkanes of at least 4 members (excludes halogenated alkanes) is 23. The topological polar surface area (TPSA) is 231 Å². The van der Waals surface area contributed by atoms with Crippen LogP contribution in [0.3, 0.4) is 0 Å². The largest absolute Gasteiger partial charge is 0.861 e. The van der Waals surface area contributed by atoms with Crippen LogP contribution in [0.4, 0.5) is 0 Å². The van der Waals surface area contributed by atoms with Crippen LogP contribution < -0.4 is 22.2 Å². The summed E-state index contributed by atoms with van der Waals surface area (Å²) < 4.78 is 34.4.